The molecule has 5 nitrogen and oxygen atoms in total. The van der Waals surface area contributed by atoms with Gasteiger partial charge in [0.05, 0.1) is 11.4 Å². The second-order valence-electron chi connectivity index (χ2n) is 8.66. The number of anilines is 2. The van der Waals surface area contributed by atoms with Crippen LogP contribution >= 0.6 is 11.8 Å². The van der Waals surface area contributed by atoms with E-state index in [0.717, 1.165) is 12.1 Å². The molecule has 1 heterocycles. The van der Waals surface area contributed by atoms with Gasteiger partial charge in [-0.1, -0.05) is 36.9 Å². The van der Waals surface area contributed by atoms with Gasteiger partial charge in [-0.25, -0.2) is 4.79 Å². The quantitative estimate of drug-likeness (QED) is 0.337. The molecule has 0 spiro atoms. The van der Waals surface area contributed by atoms with Crippen LogP contribution in [0.15, 0.2) is 82.6 Å². The largest absolute Gasteiger partial charge is 0.490 e. The molecule has 0 bridgehead atoms. The van der Waals surface area contributed by atoms with Crippen LogP contribution in [0.1, 0.15) is 39.7 Å². The van der Waals surface area contributed by atoms with E-state index in [1.165, 1.54) is 26.7 Å². The topological polar surface area (TPSA) is 59.0 Å². The smallest absolute Gasteiger partial charge is 0.347 e. The van der Waals surface area contributed by atoms with E-state index >= 15 is 0 Å². The van der Waals surface area contributed by atoms with Gasteiger partial charge in [0.15, 0.2) is 0 Å². The summed E-state index contributed by atoms with van der Waals surface area (Å²) < 4.78 is 11.6. The zero-order valence-corrected chi connectivity index (χ0v) is 21.4. The highest BCUT2D eigenvalue weighted by atomic mass is 32.2. The minimum atomic E-state index is -1.24. The molecule has 1 aliphatic heterocycles. The molecule has 1 aliphatic rings. The average molecular weight is 490 g/mol. The van der Waals surface area contributed by atoms with Gasteiger partial charge in [-0.05, 0) is 92.9 Å². The summed E-state index contributed by atoms with van der Waals surface area (Å²) >= 11 is 1.82. The molecule has 0 unspecified atom stereocenters. The number of carbonyl (C=O) groups is 1. The molecule has 0 aromatic heterocycles. The zero-order valence-electron chi connectivity index (χ0n) is 20.6. The number of carboxylic acids is 1. The maximum Gasteiger partial charge on any atom is 0.347 e. The van der Waals surface area contributed by atoms with E-state index in [1.54, 1.807) is 38.1 Å². The highest BCUT2D eigenvalue weighted by Crippen LogP contribution is 2.48. The number of carboxylic acid groups (broad SMARTS) is 1. The van der Waals surface area contributed by atoms with Crippen molar-refractivity contribution >= 4 is 34.7 Å². The normalized spacial score (nSPS) is 14.5. The Hall–Kier alpha value is -3.38. The second-order valence-corrected chi connectivity index (χ2v) is 9.74. The van der Waals surface area contributed by atoms with E-state index in [2.05, 4.69) is 67.3 Å². The maximum atomic E-state index is 11.5. The molecule has 0 fully saturated rings. The molecule has 3 aromatic rings. The number of fused-ring (bicyclic) bond motifs is 2. The van der Waals surface area contributed by atoms with Crippen LogP contribution in [0.3, 0.4) is 0 Å². The molecule has 3 aromatic carbocycles. The molecular formula is C29H31NO4S. The van der Waals surface area contributed by atoms with Gasteiger partial charge < -0.3 is 19.5 Å². The lowest BCUT2D eigenvalue weighted by Gasteiger charge is -2.32. The van der Waals surface area contributed by atoms with Crippen LogP contribution in [0.4, 0.5) is 11.4 Å². The predicted molar refractivity (Wildman–Crippen MR) is 142 cm³/mol. The first-order valence-corrected chi connectivity index (χ1v) is 12.7. The minimum Gasteiger partial charge on any atom is -0.490 e. The van der Waals surface area contributed by atoms with E-state index in [0.29, 0.717) is 24.5 Å². The number of allylic oxidation sites excluding steroid dienone is 1. The Morgan fingerprint density at radius 1 is 1.00 bits per heavy atom. The summed E-state index contributed by atoms with van der Waals surface area (Å²) in [6.07, 6.45) is 2.44. The zero-order chi connectivity index (χ0) is 25.0. The summed E-state index contributed by atoms with van der Waals surface area (Å²) in [6.45, 7) is 8.98. The van der Waals surface area contributed by atoms with E-state index in [9.17, 15) is 9.90 Å². The Morgan fingerprint density at radius 2 is 1.69 bits per heavy atom. The molecule has 0 aliphatic carbocycles. The Bertz CT molecular complexity index is 1240. The Labute approximate surface area is 211 Å². The average Bonchev–Trinajstić information content (AvgIpc) is 2.87. The van der Waals surface area contributed by atoms with Crippen LogP contribution in [0.5, 0.6) is 11.5 Å². The third-order valence-electron chi connectivity index (χ3n) is 6.33. The van der Waals surface area contributed by atoms with Crippen LogP contribution in [-0.4, -0.2) is 29.8 Å². The summed E-state index contributed by atoms with van der Waals surface area (Å²) in [7, 11) is 0. The summed E-state index contributed by atoms with van der Waals surface area (Å²) in [5.41, 5.74) is 3.56. The summed E-state index contributed by atoms with van der Waals surface area (Å²) in [5.74, 6) is 0.225. The number of hydrogen-bond acceptors (Lipinski definition) is 5. The molecule has 6 heteroatoms. The van der Waals surface area contributed by atoms with Crippen molar-refractivity contribution in [2.24, 2.45) is 0 Å². The molecule has 0 radical (unpaired) electrons. The number of benzene rings is 3. The SMILES string of the molecule is CCN1c2ccccc2Sc2ccc(/C(C)=C/COc3ccc(O[C@@](C)(CC)C(=O)O)cc3)cc21. The van der Waals surface area contributed by atoms with Crippen molar-refractivity contribution < 1.29 is 19.4 Å². The minimum absolute atomic E-state index is 0.370. The first kappa shape index (κ1) is 24.7. The van der Waals surface area contributed by atoms with Gasteiger partial charge >= 0.3 is 5.97 Å². The van der Waals surface area contributed by atoms with E-state index in [-0.39, 0.29) is 0 Å². The third kappa shape index (κ3) is 5.33. The van der Waals surface area contributed by atoms with Gasteiger partial charge in [0.1, 0.15) is 18.1 Å². The molecule has 1 N–H and O–H groups in total. The number of nitrogens with zero attached hydrogens (tertiary/aromatic N) is 1. The molecule has 35 heavy (non-hydrogen) atoms. The number of para-hydroxylation sites is 1. The lowest BCUT2D eigenvalue weighted by atomic mass is 10.0. The first-order valence-electron chi connectivity index (χ1n) is 11.9. The van der Waals surface area contributed by atoms with Gasteiger partial charge in [-0.2, -0.15) is 0 Å². The number of hydrogen-bond donors (Lipinski definition) is 1. The molecule has 0 saturated carbocycles. The van der Waals surface area contributed by atoms with Crippen molar-refractivity contribution in [2.45, 2.75) is 49.5 Å². The van der Waals surface area contributed by atoms with Crippen molar-refractivity contribution in [3.05, 3.63) is 78.4 Å². The van der Waals surface area contributed by atoms with Gasteiger partial charge in [-0.15, -0.1) is 0 Å². The summed E-state index contributed by atoms with van der Waals surface area (Å²) in [4.78, 5) is 16.4. The molecule has 0 saturated heterocycles. The molecular weight excluding hydrogens is 458 g/mol. The number of aliphatic carboxylic acids is 1. The van der Waals surface area contributed by atoms with E-state index in [4.69, 9.17) is 9.47 Å². The molecule has 1 atom stereocenters. The van der Waals surface area contributed by atoms with Gasteiger partial charge in [0.2, 0.25) is 5.60 Å². The standard InChI is InChI=1S/C29H31NO4S/c1-5-29(4,28(31)32)34-23-14-12-22(13-15-23)33-18-17-20(3)21-11-16-27-25(19-21)30(6-2)24-9-7-8-10-26(24)35-27/h7-17,19H,5-6,18H2,1-4H3,(H,31,32)/b20-17+/t29-/m0/s1. The van der Waals surface area contributed by atoms with Crippen molar-refractivity contribution in [3.8, 4) is 11.5 Å². The van der Waals surface area contributed by atoms with Crippen molar-refractivity contribution in [1.82, 2.24) is 0 Å². The Kier molecular flexibility index (Phi) is 7.41. The van der Waals surface area contributed by atoms with Crippen LogP contribution in [0, 0.1) is 0 Å². The summed E-state index contributed by atoms with van der Waals surface area (Å²) in [5, 5.41) is 9.39. The number of rotatable bonds is 9. The van der Waals surface area contributed by atoms with Crippen molar-refractivity contribution in [1.29, 1.82) is 0 Å². The van der Waals surface area contributed by atoms with Gasteiger partial charge in [0, 0.05) is 16.3 Å². The van der Waals surface area contributed by atoms with Gasteiger partial charge in [-0.3, -0.25) is 0 Å². The van der Waals surface area contributed by atoms with Crippen LogP contribution < -0.4 is 14.4 Å². The fraction of sp³-hybridized carbons (Fsp3) is 0.276. The third-order valence-corrected chi connectivity index (χ3v) is 7.46. The first-order chi connectivity index (χ1) is 16.8. The second kappa shape index (κ2) is 10.5. The van der Waals surface area contributed by atoms with Crippen molar-refractivity contribution in [3.63, 3.8) is 0 Å². The van der Waals surface area contributed by atoms with Crippen LogP contribution in [-0.2, 0) is 4.79 Å². The Balaban J connectivity index is 1.42. The maximum absolute atomic E-state index is 11.5. The predicted octanol–water partition coefficient (Wildman–Crippen LogP) is 7.42. The Morgan fingerprint density at radius 3 is 2.37 bits per heavy atom. The molecule has 0 amide bonds. The lowest BCUT2D eigenvalue weighted by Crippen LogP contribution is -2.40. The monoisotopic (exact) mass is 489 g/mol. The molecule has 4 rings (SSSR count). The highest BCUT2D eigenvalue weighted by molar-refractivity contribution is 7.99. The molecule has 182 valence electrons. The fourth-order valence-corrected chi connectivity index (χ4v) is 5.00. The van der Waals surface area contributed by atoms with Gasteiger partial charge in [0.25, 0.3) is 0 Å². The van der Waals surface area contributed by atoms with Crippen LogP contribution in [0.2, 0.25) is 0 Å². The summed E-state index contributed by atoms with van der Waals surface area (Å²) in [6, 6.07) is 22.2. The van der Waals surface area contributed by atoms with Crippen LogP contribution in [0.25, 0.3) is 5.57 Å². The highest BCUT2D eigenvalue weighted by Gasteiger charge is 2.33. The van der Waals surface area contributed by atoms with E-state index in [1.807, 2.05) is 11.8 Å². The number of ether oxygens (including phenoxy) is 2. The fourth-order valence-electron chi connectivity index (χ4n) is 3.93. The van der Waals surface area contributed by atoms with Crippen molar-refractivity contribution in [2.75, 3.05) is 18.1 Å². The lowest BCUT2D eigenvalue weighted by molar-refractivity contribution is -0.154. The van der Waals surface area contributed by atoms with E-state index < -0.39 is 11.6 Å².